The van der Waals surface area contributed by atoms with Crippen LogP contribution in [-0.2, 0) is 24.9 Å². The predicted octanol–water partition coefficient (Wildman–Crippen LogP) is 4.23. The third-order valence-corrected chi connectivity index (χ3v) is 8.42. The van der Waals surface area contributed by atoms with E-state index in [2.05, 4.69) is 15.3 Å². The molecule has 0 amide bonds. The predicted molar refractivity (Wildman–Crippen MR) is 152 cm³/mol. The molecule has 0 aliphatic carbocycles. The highest BCUT2D eigenvalue weighted by molar-refractivity contribution is 7.84. The Morgan fingerprint density at radius 3 is 2.25 bits per heavy atom. The minimum absolute atomic E-state index is 0.236. The van der Waals surface area contributed by atoms with Crippen molar-refractivity contribution in [2.75, 3.05) is 47.6 Å². The number of halogens is 3. The Labute approximate surface area is 232 Å². The summed E-state index contributed by atoms with van der Waals surface area (Å²) in [5, 5.41) is 8.22. The fourth-order valence-electron chi connectivity index (χ4n) is 5.45. The van der Waals surface area contributed by atoms with Crippen molar-refractivity contribution in [3.8, 4) is 0 Å². The van der Waals surface area contributed by atoms with Crippen LogP contribution in [0.3, 0.4) is 0 Å². The molecule has 0 saturated carbocycles. The smallest absolute Gasteiger partial charge is 0.259 e. The van der Waals surface area contributed by atoms with E-state index >= 15 is 0 Å². The number of anilines is 3. The first-order chi connectivity index (χ1) is 19.0. The molecule has 0 spiro atoms. The lowest BCUT2D eigenvalue weighted by molar-refractivity contribution is 0.498. The zero-order valence-corrected chi connectivity index (χ0v) is 23.8. The summed E-state index contributed by atoms with van der Waals surface area (Å²) in [5.41, 5.74) is 1.77. The van der Waals surface area contributed by atoms with Crippen LogP contribution in [0.5, 0.6) is 0 Å². The first kappa shape index (κ1) is 27.8. The molecule has 1 fully saturated rings. The largest absolute Gasteiger partial charge is 0.378 e. The van der Waals surface area contributed by atoms with Crippen molar-refractivity contribution >= 4 is 38.8 Å². The van der Waals surface area contributed by atoms with Crippen LogP contribution in [0.1, 0.15) is 24.2 Å². The van der Waals surface area contributed by atoms with Crippen LogP contribution in [0.4, 0.5) is 30.4 Å². The van der Waals surface area contributed by atoms with Crippen molar-refractivity contribution in [1.29, 1.82) is 0 Å². The van der Waals surface area contributed by atoms with Gasteiger partial charge < -0.3 is 15.1 Å². The molecule has 2 aromatic heterocycles. The van der Waals surface area contributed by atoms with E-state index in [1.807, 2.05) is 11.0 Å². The van der Waals surface area contributed by atoms with Gasteiger partial charge in [0.1, 0.15) is 23.1 Å². The van der Waals surface area contributed by atoms with E-state index < -0.39 is 28.5 Å². The van der Waals surface area contributed by atoms with Crippen molar-refractivity contribution in [3.05, 3.63) is 75.6 Å². The van der Waals surface area contributed by atoms with Gasteiger partial charge in [0.25, 0.3) is 5.56 Å². The molecule has 12 heteroatoms. The normalized spacial score (nSPS) is 15.5. The quantitative estimate of drug-likeness (QED) is 0.373. The second-order valence-corrected chi connectivity index (χ2v) is 11.5. The van der Waals surface area contributed by atoms with Gasteiger partial charge in [-0.2, -0.15) is 9.49 Å². The zero-order chi connectivity index (χ0) is 28.9. The van der Waals surface area contributed by atoms with Gasteiger partial charge in [-0.25, -0.2) is 13.5 Å². The van der Waals surface area contributed by atoms with Gasteiger partial charge in [-0.15, -0.1) is 0 Å². The number of hydrogen-bond donors (Lipinski definition) is 1. The van der Waals surface area contributed by atoms with Crippen LogP contribution in [0.2, 0.25) is 0 Å². The second-order valence-electron chi connectivity index (χ2n) is 10.1. The Hall–Kier alpha value is -3.80. The molecule has 1 aliphatic rings. The Bertz CT molecular complexity index is 1690. The molecule has 40 heavy (non-hydrogen) atoms. The van der Waals surface area contributed by atoms with Gasteiger partial charge in [-0.1, -0.05) is 0 Å². The fourth-order valence-corrected chi connectivity index (χ4v) is 6.17. The average Bonchev–Trinajstić information content (AvgIpc) is 3.17. The van der Waals surface area contributed by atoms with Gasteiger partial charge in [0.05, 0.1) is 32.5 Å². The molecule has 2 aromatic carbocycles. The summed E-state index contributed by atoms with van der Waals surface area (Å²) in [5.74, 6) is -0.776. The van der Waals surface area contributed by atoms with Gasteiger partial charge >= 0.3 is 0 Å². The monoisotopic (exact) mass is 572 g/mol. The number of benzene rings is 2. The number of rotatable bonds is 6. The van der Waals surface area contributed by atoms with Crippen LogP contribution in [0.25, 0.3) is 10.8 Å². The topological polar surface area (TPSA) is 75.4 Å². The van der Waals surface area contributed by atoms with Crippen molar-refractivity contribution in [2.24, 2.45) is 14.1 Å². The van der Waals surface area contributed by atoms with E-state index in [-0.39, 0.29) is 16.9 Å². The van der Waals surface area contributed by atoms with Crippen LogP contribution in [0, 0.1) is 24.5 Å². The average molecular weight is 573 g/mol. The molecule has 1 aliphatic heterocycles. The number of nitrogens with one attached hydrogen (secondary N) is 1. The molecular weight excluding hydrogens is 541 g/mol. The molecule has 3 heterocycles. The molecule has 212 valence electrons. The van der Waals surface area contributed by atoms with Gasteiger partial charge in [0.15, 0.2) is 0 Å². The number of pyridine rings is 1. The molecule has 0 bridgehead atoms. The number of piperazine rings is 1. The first-order valence-corrected chi connectivity index (χ1v) is 14.4. The Morgan fingerprint density at radius 1 is 0.950 bits per heavy atom. The van der Waals surface area contributed by atoms with E-state index in [4.69, 9.17) is 0 Å². The van der Waals surface area contributed by atoms with Crippen molar-refractivity contribution < 1.29 is 17.4 Å². The highest BCUT2D eigenvalue weighted by Crippen LogP contribution is 2.32. The molecule has 5 rings (SSSR count). The second kappa shape index (κ2) is 10.6. The van der Waals surface area contributed by atoms with Crippen LogP contribution in [0.15, 0.2) is 46.1 Å². The van der Waals surface area contributed by atoms with Crippen LogP contribution >= 0.6 is 0 Å². The molecule has 2 atom stereocenters. The Balaban J connectivity index is 1.50. The summed E-state index contributed by atoms with van der Waals surface area (Å²) < 4.78 is 58.2. The molecule has 1 N–H and O–H groups in total. The third kappa shape index (κ3) is 4.96. The van der Waals surface area contributed by atoms with E-state index in [1.54, 1.807) is 27.9 Å². The number of fused-ring (bicyclic) bond motifs is 1. The number of aryl methyl sites for hydroxylation is 2. The summed E-state index contributed by atoms with van der Waals surface area (Å²) in [6.07, 6.45) is 1.46. The molecular formula is C28H31F3N6O2S. The SMILES string of the molecule is Cc1nn(C)c(F)c1N1CCN(c2cc3c([C@@H](C)Nc4ccc(F)cc4S(C)=O)cc(F)cc3c(=O)n2C)CC1. The maximum absolute atomic E-state index is 14.8. The number of hydrogen-bond acceptors (Lipinski definition) is 6. The molecule has 1 unspecified atom stereocenters. The third-order valence-electron chi connectivity index (χ3n) is 7.46. The van der Waals surface area contributed by atoms with Gasteiger partial charge in [0.2, 0.25) is 5.95 Å². The Morgan fingerprint density at radius 2 is 1.62 bits per heavy atom. The maximum Gasteiger partial charge on any atom is 0.259 e. The fraction of sp³-hybridized carbons (Fsp3) is 0.357. The molecule has 1 saturated heterocycles. The maximum atomic E-state index is 14.8. The standard InChI is InChI=1S/C28H31F3N6O2S/c1-16(32-23-7-6-18(29)14-24(23)40(5)39)20-12-19(30)13-22-21(20)15-25(34(3)28(22)38)36-8-10-37(11-9-36)26-17(2)33-35(4)27(26)31/h6-7,12-16,32H,8-11H2,1-5H3/t16-,40?/m1/s1. The van der Waals surface area contributed by atoms with E-state index in [1.165, 1.54) is 45.8 Å². The summed E-state index contributed by atoms with van der Waals surface area (Å²) in [7, 11) is 1.77. The molecule has 0 radical (unpaired) electrons. The Kier molecular flexibility index (Phi) is 7.38. The molecule has 8 nitrogen and oxygen atoms in total. The summed E-state index contributed by atoms with van der Waals surface area (Å²) >= 11 is 0. The summed E-state index contributed by atoms with van der Waals surface area (Å²) in [6.45, 7) is 5.73. The first-order valence-electron chi connectivity index (χ1n) is 12.9. The van der Waals surface area contributed by atoms with Crippen LogP contribution in [-0.4, -0.2) is 51.0 Å². The van der Waals surface area contributed by atoms with Gasteiger partial charge in [0, 0.05) is 52.6 Å². The summed E-state index contributed by atoms with van der Waals surface area (Å²) in [6, 6.07) is 7.96. The van der Waals surface area contributed by atoms with E-state index in [0.717, 1.165) is 0 Å². The van der Waals surface area contributed by atoms with Crippen molar-refractivity contribution in [1.82, 2.24) is 14.3 Å². The minimum Gasteiger partial charge on any atom is -0.378 e. The molecule has 4 aromatic rings. The highest BCUT2D eigenvalue weighted by atomic mass is 32.2. The van der Waals surface area contributed by atoms with E-state index in [0.29, 0.717) is 64.9 Å². The van der Waals surface area contributed by atoms with Gasteiger partial charge in [-0.05, 0) is 61.2 Å². The van der Waals surface area contributed by atoms with Crippen molar-refractivity contribution in [2.45, 2.75) is 24.8 Å². The highest BCUT2D eigenvalue weighted by Gasteiger charge is 2.26. The van der Waals surface area contributed by atoms with E-state index in [9.17, 15) is 22.2 Å². The number of aromatic nitrogens is 3. The minimum atomic E-state index is -1.46. The number of nitrogens with zero attached hydrogens (tertiary/aromatic N) is 5. The lowest BCUT2D eigenvalue weighted by atomic mass is 9.99. The summed E-state index contributed by atoms with van der Waals surface area (Å²) in [4.78, 5) is 17.7. The van der Waals surface area contributed by atoms with Crippen LogP contribution < -0.4 is 20.7 Å². The van der Waals surface area contributed by atoms with Crippen molar-refractivity contribution in [3.63, 3.8) is 0 Å². The van der Waals surface area contributed by atoms with Gasteiger partial charge in [-0.3, -0.25) is 13.6 Å². The lowest BCUT2D eigenvalue weighted by Crippen LogP contribution is -2.48. The zero-order valence-electron chi connectivity index (χ0n) is 23.0. The lowest BCUT2D eigenvalue weighted by Gasteiger charge is -2.37.